The highest BCUT2D eigenvalue weighted by Gasteiger charge is 2.32. The summed E-state index contributed by atoms with van der Waals surface area (Å²) in [6.07, 6.45) is 5.40. The normalized spacial score (nSPS) is 26.9. The molecule has 1 aliphatic carbocycles. The van der Waals surface area contributed by atoms with Gasteiger partial charge in [0.15, 0.2) is 0 Å². The van der Waals surface area contributed by atoms with E-state index in [9.17, 15) is 9.18 Å². The minimum Gasteiger partial charge on any atom is -0.330 e. The number of hydrogen-bond acceptors (Lipinski definition) is 1. The van der Waals surface area contributed by atoms with Gasteiger partial charge in [-0.3, -0.25) is 4.79 Å². The van der Waals surface area contributed by atoms with E-state index in [4.69, 9.17) is 0 Å². The molecular formula is C18H26FN2O+. The lowest BCUT2D eigenvalue weighted by molar-refractivity contribution is -0.930. The standard InChI is InChI=1S/C18H25FN2O/c1-14-3-2-4-17(13-14)20-9-11-21(12-10-20)18(22)15-5-7-16(19)8-6-15/h5-8,14,17H,2-4,9-13H2,1H3/p+1/t14-,17-/m1/s1. The van der Waals surface area contributed by atoms with Gasteiger partial charge in [0, 0.05) is 12.0 Å². The van der Waals surface area contributed by atoms with E-state index < -0.39 is 0 Å². The first-order valence-electron chi connectivity index (χ1n) is 8.53. The van der Waals surface area contributed by atoms with Crippen molar-refractivity contribution in [2.45, 2.75) is 38.6 Å². The Morgan fingerprint density at radius 3 is 2.50 bits per heavy atom. The van der Waals surface area contributed by atoms with Crippen LogP contribution in [0.1, 0.15) is 43.0 Å². The Labute approximate surface area is 132 Å². The minimum atomic E-state index is -0.294. The number of halogens is 1. The number of hydrogen-bond donors (Lipinski definition) is 1. The first kappa shape index (κ1) is 15.5. The Bertz CT molecular complexity index is 508. The van der Waals surface area contributed by atoms with Crippen LogP contribution in [0.2, 0.25) is 0 Å². The van der Waals surface area contributed by atoms with E-state index in [1.54, 1.807) is 17.0 Å². The lowest BCUT2D eigenvalue weighted by Gasteiger charge is -2.39. The van der Waals surface area contributed by atoms with Crippen molar-refractivity contribution in [1.82, 2.24) is 4.90 Å². The highest BCUT2D eigenvalue weighted by Crippen LogP contribution is 2.22. The zero-order chi connectivity index (χ0) is 15.5. The number of carbonyl (C=O) groups is 1. The summed E-state index contributed by atoms with van der Waals surface area (Å²) in [6, 6.07) is 6.67. The van der Waals surface area contributed by atoms with Gasteiger partial charge in [-0.2, -0.15) is 0 Å². The first-order valence-corrected chi connectivity index (χ1v) is 8.53. The molecule has 2 fully saturated rings. The molecule has 1 amide bonds. The smallest absolute Gasteiger partial charge is 0.254 e. The summed E-state index contributed by atoms with van der Waals surface area (Å²) in [7, 11) is 0. The van der Waals surface area contributed by atoms with E-state index in [0.717, 1.165) is 38.1 Å². The van der Waals surface area contributed by atoms with Crippen LogP contribution in [0.15, 0.2) is 24.3 Å². The third-order valence-electron chi connectivity index (χ3n) is 5.30. The summed E-state index contributed by atoms with van der Waals surface area (Å²) in [4.78, 5) is 16.0. The minimum absolute atomic E-state index is 0.0380. The first-order chi connectivity index (χ1) is 10.6. The Morgan fingerprint density at radius 2 is 1.86 bits per heavy atom. The molecule has 22 heavy (non-hydrogen) atoms. The zero-order valence-electron chi connectivity index (χ0n) is 13.4. The lowest BCUT2D eigenvalue weighted by Crippen LogP contribution is -3.18. The molecule has 2 aliphatic rings. The molecule has 1 aliphatic heterocycles. The van der Waals surface area contributed by atoms with Crippen LogP contribution in [0.3, 0.4) is 0 Å². The molecule has 1 aromatic rings. The topological polar surface area (TPSA) is 24.8 Å². The number of rotatable bonds is 2. The van der Waals surface area contributed by atoms with Gasteiger partial charge in [-0.1, -0.05) is 13.3 Å². The SMILES string of the molecule is C[C@@H]1CCC[C@@H]([NH+]2CCN(C(=O)c3ccc(F)cc3)CC2)C1. The molecule has 1 heterocycles. The monoisotopic (exact) mass is 305 g/mol. The van der Waals surface area contributed by atoms with E-state index >= 15 is 0 Å². The van der Waals surface area contributed by atoms with Crippen molar-refractivity contribution in [2.75, 3.05) is 26.2 Å². The second kappa shape index (κ2) is 6.78. The summed E-state index contributed by atoms with van der Waals surface area (Å²) >= 11 is 0. The molecule has 120 valence electrons. The maximum absolute atomic E-state index is 13.0. The van der Waals surface area contributed by atoms with Crippen molar-refractivity contribution in [3.63, 3.8) is 0 Å². The maximum Gasteiger partial charge on any atom is 0.254 e. The number of piperazine rings is 1. The van der Waals surface area contributed by atoms with Gasteiger partial charge in [0.2, 0.25) is 0 Å². The van der Waals surface area contributed by atoms with Gasteiger partial charge in [0.25, 0.3) is 5.91 Å². The second-order valence-corrected chi connectivity index (χ2v) is 6.93. The number of carbonyl (C=O) groups excluding carboxylic acids is 1. The second-order valence-electron chi connectivity index (χ2n) is 6.93. The van der Waals surface area contributed by atoms with Crippen LogP contribution in [-0.2, 0) is 0 Å². The molecule has 0 unspecified atom stereocenters. The third-order valence-corrected chi connectivity index (χ3v) is 5.30. The molecular weight excluding hydrogens is 279 g/mol. The molecule has 0 spiro atoms. The Kier molecular flexibility index (Phi) is 4.77. The Hall–Kier alpha value is -1.42. The summed E-state index contributed by atoms with van der Waals surface area (Å²) in [5.74, 6) is 0.596. The predicted molar refractivity (Wildman–Crippen MR) is 84.4 cm³/mol. The van der Waals surface area contributed by atoms with Crippen LogP contribution in [0.5, 0.6) is 0 Å². The average molecular weight is 305 g/mol. The number of quaternary nitrogens is 1. The summed E-state index contributed by atoms with van der Waals surface area (Å²) in [5.41, 5.74) is 0.594. The van der Waals surface area contributed by atoms with E-state index in [1.165, 1.54) is 37.8 Å². The largest absolute Gasteiger partial charge is 0.330 e. The number of nitrogens with zero attached hydrogens (tertiary/aromatic N) is 1. The van der Waals surface area contributed by atoms with Crippen molar-refractivity contribution in [1.29, 1.82) is 0 Å². The van der Waals surface area contributed by atoms with E-state index in [2.05, 4.69) is 6.92 Å². The van der Waals surface area contributed by atoms with Crippen molar-refractivity contribution in [2.24, 2.45) is 5.92 Å². The van der Waals surface area contributed by atoms with Crippen molar-refractivity contribution in [3.05, 3.63) is 35.6 Å². The molecule has 1 saturated carbocycles. The molecule has 1 aromatic carbocycles. The molecule has 3 nitrogen and oxygen atoms in total. The van der Waals surface area contributed by atoms with Crippen LogP contribution < -0.4 is 4.90 Å². The molecule has 3 rings (SSSR count). The van der Waals surface area contributed by atoms with Gasteiger partial charge in [0.1, 0.15) is 5.82 Å². The van der Waals surface area contributed by atoms with Crippen LogP contribution in [0.4, 0.5) is 4.39 Å². The van der Waals surface area contributed by atoms with Crippen LogP contribution in [-0.4, -0.2) is 43.0 Å². The number of nitrogens with one attached hydrogen (secondary N) is 1. The fourth-order valence-electron chi connectivity index (χ4n) is 3.99. The van der Waals surface area contributed by atoms with Crippen molar-refractivity contribution < 1.29 is 14.1 Å². The maximum atomic E-state index is 13.0. The molecule has 1 N–H and O–H groups in total. The fourth-order valence-corrected chi connectivity index (χ4v) is 3.99. The van der Waals surface area contributed by atoms with Gasteiger partial charge >= 0.3 is 0 Å². The fraction of sp³-hybridized carbons (Fsp3) is 0.611. The molecule has 1 saturated heterocycles. The van der Waals surface area contributed by atoms with Crippen molar-refractivity contribution >= 4 is 5.91 Å². The van der Waals surface area contributed by atoms with Gasteiger partial charge < -0.3 is 9.80 Å². The van der Waals surface area contributed by atoms with E-state index in [1.807, 2.05) is 4.90 Å². The van der Waals surface area contributed by atoms with Gasteiger partial charge in [0.05, 0.1) is 32.2 Å². The molecule has 0 bridgehead atoms. The van der Waals surface area contributed by atoms with Crippen LogP contribution >= 0.6 is 0 Å². The highest BCUT2D eigenvalue weighted by molar-refractivity contribution is 5.94. The van der Waals surface area contributed by atoms with E-state index in [-0.39, 0.29) is 11.7 Å². The quantitative estimate of drug-likeness (QED) is 0.884. The number of amides is 1. The lowest BCUT2D eigenvalue weighted by atomic mass is 9.86. The zero-order valence-corrected chi connectivity index (χ0v) is 13.4. The average Bonchev–Trinajstić information content (AvgIpc) is 2.55. The molecule has 0 radical (unpaired) electrons. The van der Waals surface area contributed by atoms with Crippen molar-refractivity contribution in [3.8, 4) is 0 Å². The Balaban J connectivity index is 1.55. The van der Waals surface area contributed by atoms with Gasteiger partial charge in [-0.15, -0.1) is 0 Å². The summed E-state index contributed by atoms with van der Waals surface area (Å²) in [5, 5.41) is 0. The molecule has 0 aromatic heterocycles. The summed E-state index contributed by atoms with van der Waals surface area (Å²) in [6.45, 7) is 6.08. The van der Waals surface area contributed by atoms with Crippen LogP contribution in [0.25, 0.3) is 0 Å². The Morgan fingerprint density at radius 1 is 1.18 bits per heavy atom. The molecule has 4 heteroatoms. The van der Waals surface area contributed by atoms with Gasteiger partial charge in [-0.05, 0) is 43.0 Å². The van der Waals surface area contributed by atoms with E-state index in [0.29, 0.717) is 5.56 Å². The number of benzene rings is 1. The van der Waals surface area contributed by atoms with Gasteiger partial charge in [-0.25, -0.2) is 4.39 Å². The third kappa shape index (κ3) is 3.49. The predicted octanol–water partition coefficient (Wildman–Crippen LogP) is 1.75. The highest BCUT2D eigenvalue weighted by atomic mass is 19.1. The molecule has 2 atom stereocenters. The summed E-state index contributed by atoms with van der Waals surface area (Å²) < 4.78 is 13.0. The van der Waals surface area contributed by atoms with Crippen LogP contribution in [0, 0.1) is 11.7 Å².